The number of allylic oxidation sites excluding steroid dienone is 8. The Kier molecular flexibility index (Phi) is 36.6. The van der Waals surface area contributed by atoms with Gasteiger partial charge >= 0.3 is 11.9 Å². The number of aliphatic carboxylic acids is 1. The Balaban J connectivity index is 4.01. The number of unbranched alkanes of at least 4 members (excludes halogenated alkanes) is 19. The first-order valence-electron chi connectivity index (χ1n) is 20.1. The van der Waals surface area contributed by atoms with E-state index in [0.29, 0.717) is 6.42 Å². The van der Waals surface area contributed by atoms with Gasteiger partial charge in [0.15, 0.2) is 0 Å². The molecule has 0 aliphatic rings. The lowest BCUT2D eigenvalue weighted by molar-refractivity contribution is -0.150. The molecule has 0 aromatic carbocycles. The van der Waals surface area contributed by atoms with E-state index in [0.717, 1.165) is 96.3 Å². The van der Waals surface area contributed by atoms with Gasteiger partial charge in [-0.2, -0.15) is 0 Å². The number of hydrogen-bond donors (Lipinski definition) is 1. The van der Waals surface area contributed by atoms with Gasteiger partial charge in [0.25, 0.3) is 0 Å². The molecule has 0 saturated carbocycles. The van der Waals surface area contributed by atoms with E-state index in [1.54, 1.807) is 0 Å². The summed E-state index contributed by atoms with van der Waals surface area (Å²) in [6, 6.07) is 0. The normalized spacial score (nSPS) is 12.7. The number of ether oxygens (including phenoxy) is 1. The van der Waals surface area contributed by atoms with Crippen molar-refractivity contribution in [3.63, 3.8) is 0 Å². The minimum atomic E-state index is -0.703. The van der Waals surface area contributed by atoms with Crippen molar-refractivity contribution in [2.75, 3.05) is 0 Å². The monoisotopic (exact) mass is 657 g/mol. The van der Waals surface area contributed by atoms with Crippen LogP contribution in [-0.4, -0.2) is 23.1 Å². The standard InChI is InChI=1S/C43H76O4/c1-3-5-7-9-11-13-15-16-17-18-19-20-21-22-23-25-27-32-36-40-43(46)47-41(38-34-30-28-31-35-39-42(44)45)37-33-29-26-24-14-12-10-8-6-4-2/h5,7,11,13,16-17,19-20,41H,3-4,6,8-10,12,14-15,18,21-40H2,1-2H3,(H,44,45)/b7-5-,13-11-,17-16-,20-19-. The summed E-state index contributed by atoms with van der Waals surface area (Å²) < 4.78 is 5.99. The maximum Gasteiger partial charge on any atom is 0.306 e. The number of carboxylic acids is 1. The van der Waals surface area contributed by atoms with Gasteiger partial charge in [-0.3, -0.25) is 9.59 Å². The topological polar surface area (TPSA) is 63.6 Å². The van der Waals surface area contributed by atoms with Crippen molar-refractivity contribution in [2.45, 2.75) is 213 Å². The van der Waals surface area contributed by atoms with Crippen LogP contribution in [0.1, 0.15) is 206 Å². The first kappa shape index (κ1) is 44.9. The molecular weight excluding hydrogens is 580 g/mol. The van der Waals surface area contributed by atoms with Crippen LogP contribution in [0.2, 0.25) is 0 Å². The molecule has 1 atom stereocenters. The summed E-state index contributed by atoms with van der Waals surface area (Å²) in [6.45, 7) is 4.43. The zero-order chi connectivity index (χ0) is 34.3. The molecule has 0 aromatic rings. The number of carboxylic acid groups (broad SMARTS) is 1. The molecule has 0 spiro atoms. The molecule has 0 radical (unpaired) electrons. The van der Waals surface area contributed by atoms with Gasteiger partial charge in [0.05, 0.1) is 0 Å². The van der Waals surface area contributed by atoms with Crippen LogP contribution in [0.5, 0.6) is 0 Å². The van der Waals surface area contributed by atoms with E-state index in [1.807, 2.05) is 0 Å². The Morgan fingerprint density at radius 3 is 1.38 bits per heavy atom. The van der Waals surface area contributed by atoms with Gasteiger partial charge < -0.3 is 9.84 Å². The number of esters is 1. The highest BCUT2D eigenvalue weighted by Crippen LogP contribution is 2.19. The minimum Gasteiger partial charge on any atom is -0.481 e. The summed E-state index contributed by atoms with van der Waals surface area (Å²) in [5, 5.41) is 8.81. The van der Waals surface area contributed by atoms with Crippen molar-refractivity contribution in [2.24, 2.45) is 0 Å². The maximum absolute atomic E-state index is 12.7. The van der Waals surface area contributed by atoms with Gasteiger partial charge in [0, 0.05) is 12.8 Å². The van der Waals surface area contributed by atoms with Crippen molar-refractivity contribution >= 4 is 11.9 Å². The molecule has 1 unspecified atom stereocenters. The van der Waals surface area contributed by atoms with E-state index in [9.17, 15) is 9.59 Å². The predicted octanol–water partition coefficient (Wildman–Crippen LogP) is 14.0. The second kappa shape index (κ2) is 38.3. The van der Waals surface area contributed by atoms with E-state index in [2.05, 4.69) is 62.5 Å². The summed E-state index contributed by atoms with van der Waals surface area (Å²) in [5.74, 6) is -0.714. The van der Waals surface area contributed by atoms with Gasteiger partial charge in [0.1, 0.15) is 6.10 Å². The van der Waals surface area contributed by atoms with Gasteiger partial charge in [-0.25, -0.2) is 0 Å². The van der Waals surface area contributed by atoms with Crippen LogP contribution in [0.15, 0.2) is 48.6 Å². The van der Waals surface area contributed by atoms with Gasteiger partial charge in [0.2, 0.25) is 0 Å². The fourth-order valence-electron chi connectivity index (χ4n) is 5.88. The molecule has 0 saturated heterocycles. The number of carbonyl (C=O) groups is 2. The highest BCUT2D eigenvalue weighted by molar-refractivity contribution is 5.69. The molecular formula is C43H76O4. The molecule has 0 heterocycles. The molecule has 0 fully saturated rings. The van der Waals surface area contributed by atoms with Crippen LogP contribution in [0.25, 0.3) is 0 Å². The molecule has 0 bridgehead atoms. The lowest BCUT2D eigenvalue weighted by Crippen LogP contribution is -2.18. The number of hydrogen-bond acceptors (Lipinski definition) is 3. The third kappa shape index (κ3) is 38.2. The fraction of sp³-hybridized carbons (Fsp3) is 0.767. The molecule has 0 aliphatic heterocycles. The molecule has 0 rings (SSSR count). The summed E-state index contributed by atoms with van der Waals surface area (Å²) in [6.07, 6.45) is 51.3. The van der Waals surface area contributed by atoms with Crippen LogP contribution in [0, 0.1) is 0 Å². The molecule has 4 heteroatoms. The zero-order valence-corrected chi connectivity index (χ0v) is 31.1. The van der Waals surface area contributed by atoms with E-state index in [1.165, 1.54) is 83.5 Å². The van der Waals surface area contributed by atoms with E-state index in [-0.39, 0.29) is 18.5 Å². The largest absolute Gasteiger partial charge is 0.481 e. The van der Waals surface area contributed by atoms with Crippen LogP contribution in [0.4, 0.5) is 0 Å². The highest BCUT2D eigenvalue weighted by Gasteiger charge is 2.14. The lowest BCUT2D eigenvalue weighted by Gasteiger charge is -2.18. The van der Waals surface area contributed by atoms with E-state index < -0.39 is 5.97 Å². The zero-order valence-electron chi connectivity index (χ0n) is 31.1. The fourth-order valence-corrected chi connectivity index (χ4v) is 5.88. The maximum atomic E-state index is 12.7. The van der Waals surface area contributed by atoms with Crippen molar-refractivity contribution in [1.29, 1.82) is 0 Å². The molecule has 47 heavy (non-hydrogen) atoms. The number of rotatable bonds is 36. The quantitative estimate of drug-likeness (QED) is 0.0414. The molecule has 272 valence electrons. The van der Waals surface area contributed by atoms with Gasteiger partial charge in [-0.05, 0) is 77.0 Å². The van der Waals surface area contributed by atoms with E-state index in [4.69, 9.17) is 9.84 Å². The third-order valence-electron chi connectivity index (χ3n) is 8.82. The second-order valence-electron chi connectivity index (χ2n) is 13.4. The van der Waals surface area contributed by atoms with Gasteiger partial charge in [-0.15, -0.1) is 0 Å². The Morgan fingerprint density at radius 1 is 0.489 bits per heavy atom. The Bertz CT molecular complexity index is 794. The molecule has 0 aromatic heterocycles. The summed E-state index contributed by atoms with van der Waals surface area (Å²) in [7, 11) is 0. The summed E-state index contributed by atoms with van der Waals surface area (Å²) in [4.78, 5) is 23.4. The second-order valence-corrected chi connectivity index (χ2v) is 13.4. The van der Waals surface area contributed by atoms with E-state index >= 15 is 0 Å². The average molecular weight is 657 g/mol. The Hall–Kier alpha value is -2.10. The Morgan fingerprint density at radius 2 is 0.894 bits per heavy atom. The first-order chi connectivity index (χ1) is 23.1. The van der Waals surface area contributed by atoms with Crippen LogP contribution >= 0.6 is 0 Å². The smallest absolute Gasteiger partial charge is 0.306 e. The van der Waals surface area contributed by atoms with Crippen molar-refractivity contribution in [3.8, 4) is 0 Å². The highest BCUT2D eigenvalue weighted by atomic mass is 16.5. The van der Waals surface area contributed by atoms with Crippen LogP contribution in [-0.2, 0) is 14.3 Å². The molecule has 1 N–H and O–H groups in total. The summed E-state index contributed by atoms with van der Waals surface area (Å²) in [5.41, 5.74) is 0. The first-order valence-corrected chi connectivity index (χ1v) is 20.1. The third-order valence-corrected chi connectivity index (χ3v) is 8.82. The lowest BCUT2D eigenvalue weighted by atomic mass is 10.0. The van der Waals surface area contributed by atoms with Crippen LogP contribution < -0.4 is 0 Å². The predicted molar refractivity (Wildman–Crippen MR) is 204 cm³/mol. The summed E-state index contributed by atoms with van der Waals surface area (Å²) >= 11 is 0. The van der Waals surface area contributed by atoms with Crippen molar-refractivity contribution in [1.82, 2.24) is 0 Å². The van der Waals surface area contributed by atoms with Crippen molar-refractivity contribution < 1.29 is 19.4 Å². The SMILES string of the molecule is CC/C=C\C/C=C\C/C=C\C/C=C\CCCCCCCCC(=O)OC(CCCCCCCCCCCC)CCCCCCCC(=O)O. The molecule has 0 aliphatic carbocycles. The minimum absolute atomic E-state index is 0.0112. The average Bonchev–Trinajstić information content (AvgIpc) is 3.05. The number of carbonyl (C=O) groups excluding carboxylic acids is 1. The molecule has 0 amide bonds. The Labute approximate surface area is 292 Å². The van der Waals surface area contributed by atoms with Gasteiger partial charge in [-0.1, -0.05) is 165 Å². The molecule has 4 nitrogen and oxygen atoms in total. The van der Waals surface area contributed by atoms with Crippen molar-refractivity contribution in [3.05, 3.63) is 48.6 Å². The van der Waals surface area contributed by atoms with Crippen LogP contribution in [0.3, 0.4) is 0 Å².